The van der Waals surface area contributed by atoms with E-state index in [9.17, 15) is 14.4 Å². The molecular formula is C19H26N2O6. The Balaban J connectivity index is 1.74. The topological polar surface area (TPSA) is 103 Å². The summed E-state index contributed by atoms with van der Waals surface area (Å²) in [6.07, 6.45) is 0.513. The standard InChI is InChI=1S/C19H26N2O6/c1-12(2)8-14(19(24)25-3)21-18(23)7-6-17(22)20-10-13-4-5-15-16(9-13)27-11-26-15/h4-5,9,12,14H,6-8,10-11H2,1-3H3,(H,20,22)(H,21,23)/t14-/m1/s1. The number of benzene rings is 1. The lowest BCUT2D eigenvalue weighted by molar-refractivity contribution is -0.145. The maximum absolute atomic E-state index is 12.0. The average molecular weight is 378 g/mol. The van der Waals surface area contributed by atoms with Crippen LogP contribution in [0.1, 0.15) is 38.7 Å². The third kappa shape index (κ3) is 6.47. The highest BCUT2D eigenvalue weighted by Crippen LogP contribution is 2.32. The third-order valence-electron chi connectivity index (χ3n) is 4.03. The summed E-state index contributed by atoms with van der Waals surface area (Å²) in [5, 5.41) is 5.39. The van der Waals surface area contributed by atoms with Gasteiger partial charge >= 0.3 is 5.97 Å². The molecule has 0 spiro atoms. The summed E-state index contributed by atoms with van der Waals surface area (Å²) in [5.41, 5.74) is 0.875. The predicted molar refractivity (Wildman–Crippen MR) is 97.0 cm³/mol. The van der Waals surface area contributed by atoms with Crippen LogP contribution in [-0.4, -0.2) is 37.7 Å². The highest BCUT2D eigenvalue weighted by Gasteiger charge is 2.22. The monoisotopic (exact) mass is 378 g/mol. The maximum Gasteiger partial charge on any atom is 0.328 e. The molecule has 1 atom stereocenters. The van der Waals surface area contributed by atoms with Crippen LogP contribution in [0.4, 0.5) is 0 Å². The fourth-order valence-corrected chi connectivity index (χ4v) is 2.66. The number of amides is 2. The number of hydrogen-bond donors (Lipinski definition) is 2. The molecule has 1 aliphatic heterocycles. The molecule has 0 saturated carbocycles. The van der Waals surface area contributed by atoms with Gasteiger partial charge in [-0.05, 0) is 30.0 Å². The molecule has 8 heteroatoms. The lowest BCUT2D eigenvalue weighted by Gasteiger charge is -2.18. The molecule has 0 fully saturated rings. The van der Waals surface area contributed by atoms with Crippen LogP contribution in [0.3, 0.4) is 0 Å². The van der Waals surface area contributed by atoms with Gasteiger partial charge in [-0.1, -0.05) is 19.9 Å². The van der Waals surface area contributed by atoms with Gasteiger partial charge in [0.25, 0.3) is 0 Å². The van der Waals surface area contributed by atoms with Crippen LogP contribution in [0.25, 0.3) is 0 Å². The maximum atomic E-state index is 12.0. The van der Waals surface area contributed by atoms with Crippen molar-refractivity contribution in [1.82, 2.24) is 10.6 Å². The number of ether oxygens (including phenoxy) is 3. The molecular weight excluding hydrogens is 352 g/mol. The van der Waals surface area contributed by atoms with Gasteiger partial charge in [0.2, 0.25) is 18.6 Å². The summed E-state index contributed by atoms with van der Waals surface area (Å²) in [5.74, 6) is 0.470. The number of rotatable bonds is 9. The molecule has 0 aromatic heterocycles. The molecule has 8 nitrogen and oxygen atoms in total. The van der Waals surface area contributed by atoms with E-state index >= 15 is 0 Å². The van der Waals surface area contributed by atoms with E-state index in [0.29, 0.717) is 24.5 Å². The summed E-state index contributed by atoms with van der Waals surface area (Å²) < 4.78 is 15.2. The number of fused-ring (bicyclic) bond motifs is 1. The normalized spacial score (nSPS) is 13.2. The van der Waals surface area contributed by atoms with Crippen LogP contribution in [-0.2, 0) is 25.7 Å². The molecule has 0 aliphatic carbocycles. The van der Waals surface area contributed by atoms with Crippen molar-refractivity contribution in [1.29, 1.82) is 0 Å². The van der Waals surface area contributed by atoms with Crippen molar-refractivity contribution in [2.24, 2.45) is 5.92 Å². The Kier molecular flexibility index (Phi) is 7.45. The molecule has 2 N–H and O–H groups in total. The van der Waals surface area contributed by atoms with Crippen LogP contribution in [0.5, 0.6) is 11.5 Å². The molecule has 0 saturated heterocycles. The summed E-state index contributed by atoms with van der Waals surface area (Å²) in [7, 11) is 1.28. The first kappa shape index (κ1) is 20.5. The van der Waals surface area contributed by atoms with E-state index in [-0.39, 0.29) is 37.4 Å². The molecule has 1 aromatic rings. The summed E-state index contributed by atoms with van der Waals surface area (Å²) in [6, 6.07) is 4.74. The van der Waals surface area contributed by atoms with E-state index < -0.39 is 12.0 Å². The second kappa shape index (κ2) is 9.80. The largest absolute Gasteiger partial charge is 0.467 e. The van der Waals surface area contributed by atoms with Crippen molar-refractivity contribution < 1.29 is 28.6 Å². The molecule has 0 unspecified atom stereocenters. The number of esters is 1. The molecule has 0 radical (unpaired) electrons. The van der Waals surface area contributed by atoms with Crippen molar-refractivity contribution in [2.45, 2.75) is 45.7 Å². The SMILES string of the molecule is COC(=O)[C@@H](CC(C)C)NC(=O)CCC(=O)NCc1ccc2c(c1)OCO2. The van der Waals surface area contributed by atoms with Gasteiger partial charge in [-0.15, -0.1) is 0 Å². The fraction of sp³-hybridized carbons (Fsp3) is 0.526. The van der Waals surface area contributed by atoms with E-state index in [0.717, 1.165) is 5.56 Å². The summed E-state index contributed by atoms with van der Waals surface area (Å²) >= 11 is 0. The van der Waals surface area contributed by atoms with Crippen LogP contribution in [0.15, 0.2) is 18.2 Å². The summed E-state index contributed by atoms with van der Waals surface area (Å²) in [4.78, 5) is 35.7. The van der Waals surface area contributed by atoms with Crippen molar-refractivity contribution in [2.75, 3.05) is 13.9 Å². The Morgan fingerprint density at radius 2 is 1.81 bits per heavy atom. The Morgan fingerprint density at radius 1 is 1.11 bits per heavy atom. The fourth-order valence-electron chi connectivity index (χ4n) is 2.66. The third-order valence-corrected chi connectivity index (χ3v) is 4.03. The number of hydrogen-bond acceptors (Lipinski definition) is 6. The quantitative estimate of drug-likeness (QED) is 0.632. The van der Waals surface area contributed by atoms with Gasteiger partial charge in [0.1, 0.15) is 6.04 Å². The van der Waals surface area contributed by atoms with E-state index in [1.165, 1.54) is 7.11 Å². The first-order valence-electron chi connectivity index (χ1n) is 8.91. The lowest BCUT2D eigenvalue weighted by Crippen LogP contribution is -2.42. The first-order chi connectivity index (χ1) is 12.9. The van der Waals surface area contributed by atoms with E-state index in [4.69, 9.17) is 14.2 Å². The van der Waals surface area contributed by atoms with Gasteiger partial charge in [0.15, 0.2) is 11.5 Å². The lowest BCUT2D eigenvalue weighted by atomic mass is 10.0. The van der Waals surface area contributed by atoms with Crippen molar-refractivity contribution in [3.8, 4) is 11.5 Å². The Hall–Kier alpha value is -2.77. The minimum Gasteiger partial charge on any atom is -0.467 e. The zero-order chi connectivity index (χ0) is 19.8. The predicted octanol–water partition coefficient (Wildman–Crippen LogP) is 1.52. The van der Waals surface area contributed by atoms with Crippen molar-refractivity contribution in [3.63, 3.8) is 0 Å². The minimum absolute atomic E-state index is 0.00143. The molecule has 27 heavy (non-hydrogen) atoms. The molecule has 1 aliphatic rings. The van der Waals surface area contributed by atoms with Gasteiger partial charge < -0.3 is 24.8 Å². The molecule has 0 bridgehead atoms. The smallest absolute Gasteiger partial charge is 0.328 e. The molecule has 2 rings (SSSR count). The van der Waals surface area contributed by atoms with Crippen LogP contribution in [0, 0.1) is 5.92 Å². The number of methoxy groups -OCH3 is 1. The van der Waals surface area contributed by atoms with Crippen molar-refractivity contribution in [3.05, 3.63) is 23.8 Å². The highest BCUT2D eigenvalue weighted by atomic mass is 16.7. The summed E-state index contributed by atoms with van der Waals surface area (Å²) in [6.45, 7) is 4.43. The zero-order valence-corrected chi connectivity index (χ0v) is 15.9. The molecule has 1 heterocycles. The Bertz CT molecular complexity index is 689. The van der Waals surface area contributed by atoms with Crippen LogP contribution < -0.4 is 20.1 Å². The van der Waals surface area contributed by atoms with Gasteiger partial charge in [-0.25, -0.2) is 4.79 Å². The second-order valence-electron chi connectivity index (χ2n) is 6.74. The van der Waals surface area contributed by atoms with Crippen molar-refractivity contribution >= 4 is 17.8 Å². The van der Waals surface area contributed by atoms with Gasteiger partial charge in [0.05, 0.1) is 7.11 Å². The van der Waals surface area contributed by atoms with E-state index in [1.807, 2.05) is 26.0 Å². The molecule has 2 amide bonds. The minimum atomic E-state index is -0.695. The second-order valence-corrected chi connectivity index (χ2v) is 6.74. The Morgan fingerprint density at radius 3 is 2.52 bits per heavy atom. The Labute approximate surface area is 158 Å². The molecule has 1 aromatic carbocycles. The number of carbonyl (C=O) groups is 3. The van der Waals surface area contributed by atoms with Crippen LogP contribution >= 0.6 is 0 Å². The zero-order valence-electron chi connectivity index (χ0n) is 15.9. The highest BCUT2D eigenvalue weighted by molar-refractivity contribution is 5.87. The average Bonchev–Trinajstić information content (AvgIpc) is 3.10. The van der Waals surface area contributed by atoms with Gasteiger partial charge in [0, 0.05) is 19.4 Å². The van der Waals surface area contributed by atoms with Gasteiger partial charge in [-0.3, -0.25) is 9.59 Å². The van der Waals surface area contributed by atoms with E-state index in [1.54, 1.807) is 6.07 Å². The van der Waals surface area contributed by atoms with Crippen LogP contribution in [0.2, 0.25) is 0 Å². The van der Waals surface area contributed by atoms with Gasteiger partial charge in [-0.2, -0.15) is 0 Å². The first-order valence-corrected chi connectivity index (χ1v) is 8.91. The van der Waals surface area contributed by atoms with E-state index in [2.05, 4.69) is 10.6 Å². The number of carbonyl (C=O) groups excluding carboxylic acids is 3. The number of nitrogens with one attached hydrogen (secondary N) is 2. The molecule has 148 valence electrons.